The van der Waals surface area contributed by atoms with Crippen molar-refractivity contribution in [2.24, 2.45) is 23.2 Å². The van der Waals surface area contributed by atoms with Crippen LogP contribution in [0, 0.1) is 41.3 Å². The molecule has 3 aliphatic carbocycles. The van der Waals surface area contributed by atoms with E-state index in [1.165, 1.54) is 6.07 Å². The molecule has 2 fully saturated rings. The highest BCUT2D eigenvalue weighted by Crippen LogP contribution is 2.65. The first-order chi connectivity index (χ1) is 11.3. The van der Waals surface area contributed by atoms with Crippen molar-refractivity contribution in [3.63, 3.8) is 0 Å². The van der Waals surface area contributed by atoms with Crippen LogP contribution in [0.2, 0.25) is 0 Å². The summed E-state index contributed by atoms with van der Waals surface area (Å²) in [6.07, 6.45) is 9.75. The average Bonchev–Trinajstić information content (AvgIpc) is 2.84. The quantitative estimate of drug-likeness (QED) is 0.707. The highest BCUT2D eigenvalue weighted by molar-refractivity contribution is 5.42. The highest BCUT2D eigenvalue weighted by Gasteiger charge is 2.62. The minimum atomic E-state index is -1.01. The number of rotatable bonds is 0. The van der Waals surface area contributed by atoms with E-state index in [1.54, 1.807) is 0 Å². The average molecular weight is 328 g/mol. The third kappa shape index (κ3) is 1.81. The minimum absolute atomic E-state index is 0.246. The molecule has 128 valence electrons. The Bertz CT molecular complexity index is 736. The van der Waals surface area contributed by atoms with E-state index in [0.717, 1.165) is 24.8 Å². The number of aliphatic hydroxyl groups is 1. The van der Waals surface area contributed by atoms with Crippen LogP contribution in [0.25, 0.3) is 0 Å². The third-order valence-electron chi connectivity index (χ3n) is 7.56. The van der Waals surface area contributed by atoms with E-state index in [1.807, 2.05) is 6.07 Å². The van der Waals surface area contributed by atoms with Crippen LogP contribution in [0.4, 0.5) is 4.39 Å². The summed E-state index contributed by atoms with van der Waals surface area (Å²) in [5, 5.41) is 20.7. The van der Waals surface area contributed by atoms with Crippen molar-refractivity contribution in [3.8, 4) is 18.1 Å². The van der Waals surface area contributed by atoms with Gasteiger partial charge >= 0.3 is 0 Å². The van der Waals surface area contributed by atoms with Gasteiger partial charge in [-0.1, -0.05) is 25.8 Å². The molecular weight excluding hydrogens is 303 g/mol. The molecule has 1 aromatic rings. The lowest BCUT2D eigenvalue weighted by molar-refractivity contribution is -0.0735. The zero-order valence-corrected chi connectivity index (χ0v) is 14.3. The molecular formula is C21H25FO2. The van der Waals surface area contributed by atoms with Crippen LogP contribution >= 0.6 is 0 Å². The van der Waals surface area contributed by atoms with Crippen molar-refractivity contribution >= 4 is 0 Å². The Morgan fingerprint density at radius 1 is 1.29 bits per heavy atom. The molecule has 3 aliphatic rings. The van der Waals surface area contributed by atoms with Gasteiger partial charge in [0, 0.05) is 5.41 Å². The fourth-order valence-electron chi connectivity index (χ4n) is 6.24. The molecule has 6 atom stereocenters. The van der Waals surface area contributed by atoms with Crippen molar-refractivity contribution in [2.45, 2.75) is 57.5 Å². The molecule has 4 rings (SSSR count). The van der Waals surface area contributed by atoms with Crippen LogP contribution in [0.5, 0.6) is 5.75 Å². The van der Waals surface area contributed by atoms with Crippen molar-refractivity contribution in [2.75, 3.05) is 0 Å². The summed E-state index contributed by atoms with van der Waals surface area (Å²) in [6.45, 7) is 4.34. The molecule has 2 nitrogen and oxygen atoms in total. The molecule has 2 N–H and O–H groups in total. The maximum atomic E-state index is 14.4. The van der Waals surface area contributed by atoms with Crippen LogP contribution in [-0.2, 0) is 6.42 Å². The second-order valence-corrected chi connectivity index (χ2v) is 8.44. The largest absolute Gasteiger partial charge is 0.505 e. The zero-order valence-electron chi connectivity index (χ0n) is 14.3. The molecule has 1 aromatic carbocycles. The van der Waals surface area contributed by atoms with Gasteiger partial charge in [0.25, 0.3) is 0 Å². The van der Waals surface area contributed by atoms with Gasteiger partial charge in [-0.05, 0) is 73.0 Å². The number of phenolic OH excluding ortho intramolecular Hbond substituents is 1. The fraction of sp³-hybridized carbons (Fsp3) is 0.619. The monoisotopic (exact) mass is 328 g/mol. The van der Waals surface area contributed by atoms with E-state index in [0.29, 0.717) is 42.1 Å². The van der Waals surface area contributed by atoms with Gasteiger partial charge in [-0.25, -0.2) is 4.39 Å². The zero-order chi connectivity index (χ0) is 17.3. The lowest BCUT2D eigenvalue weighted by Gasteiger charge is -2.54. The van der Waals surface area contributed by atoms with Gasteiger partial charge in [0.2, 0.25) is 0 Å². The number of halogens is 1. The molecule has 0 saturated heterocycles. The summed E-state index contributed by atoms with van der Waals surface area (Å²) in [5.74, 6) is 3.41. The first-order valence-corrected chi connectivity index (χ1v) is 9.03. The molecule has 0 aliphatic heterocycles. The summed E-state index contributed by atoms with van der Waals surface area (Å²) in [4.78, 5) is 0. The van der Waals surface area contributed by atoms with E-state index < -0.39 is 11.4 Å². The number of hydrogen-bond donors (Lipinski definition) is 2. The van der Waals surface area contributed by atoms with Gasteiger partial charge in [-0.2, -0.15) is 0 Å². The standard InChI is InChI=1S/C21H25FO2/c1-4-21(24)10-8-16-18-12(2)11-15-13(5-6-17(23)19(15)22)14(18)7-9-20(16,21)3/h1,5-6,12,14,16,18,23-24H,7-11H2,2-3H3/t12-,14-,16+,18-,20+,21+/m1/s1. The van der Waals surface area contributed by atoms with E-state index in [-0.39, 0.29) is 11.2 Å². The summed E-state index contributed by atoms with van der Waals surface area (Å²) >= 11 is 0. The van der Waals surface area contributed by atoms with E-state index in [4.69, 9.17) is 6.42 Å². The number of benzene rings is 1. The van der Waals surface area contributed by atoms with Crippen LogP contribution in [-0.4, -0.2) is 15.8 Å². The van der Waals surface area contributed by atoms with Crippen molar-refractivity contribution < 1.29 is 14.6 Å². The van der Waals surface area contributed by atoms with Gasteiger partial charge in [-0.15, -0.1) is 6.42 Å². The molecule has 0 unspecified atom stereocenters. The number of hydrogen-bond acceptors (Lipinski definition) is 2. The molecule has 24 heavy (non-hydrogen) atoms. The lowest BCUT2D eigenvalue weighted by Crippen LogP contribution is -2.51. The molecule has 3 heteroatoms. The first-order valence-electron chi connectivity index (χ1n) is 9.03. The number of phenols is 1. The topological polar surface area (TPSA) is 40.5 Å². The number of terminal acetylenes is 1. The van der Waals surface area contributed by atoms with E-state index in [2.05, 4.69) is 19.8 Å². The predicted molar refractivity (Wildman–Crippen MR) is 91.0 cm³/mol. The molecule has 0 aromatic heterocycles. The summed E-state index contributed by atoms with van der Waals surface area (Å²) in [5.41, 5.74) is 0.497. The van der Waals surface area contributed by atoms with Crippen LogP contribution < -0.4 is 0 Å². The van der Waals surface area contributed by atoms with Crippen LogP contribution in [0.3, 0.4) is 0 Å². The Morgan fingerprint density at radius 2 is 2.04 bits per heavy atom. The Hall–Kier alpha value is -1.53. The fourth-order valence-corrected chi connectivity index (χ4v) is 6.24. The Labute approximate surface area is 143 Å². The van der Waals surface area contributed by atoms with Gasteiger partial charge in [-0.3, -0.25) is 0 Å². The Morgan fingerprint density at radius 3 is 2.75 bits per heavy atom. The maximum Gasteiger partial charge on any atom is 0.168 e. The molecule has 0 spiro atoms. The van der Waals surface area contributed by atoms with Gasteiger partial charge < -0.3 is 10.2 Å². The van der Waals surface area contributed by atoms with Gasteiger partial charge in [0.1, 0.15) is 5.60 Å². The maximum absolute atomic E-state index is 14.4. The summed E-state index contributed by atoms with van der Waals surface area (Å²) < 4.78 is 14.4. The number of fused-ring (bicyclic) bond motifs is 5. The van der Waals surface area contributed by atoms with E-state index >= 15 is 0 Å². The third-order valence-corrected chi connectivity index (χ3v) is 7.56. The summed E-state index contributed by atoms with van der Waals surface area (Å²) in [6, 6.07) is 3.39. The Balaban J connectivity index is 1.79. The number of aromatic hydroxyl groups is 1. The first kappa shape index (κ1) is 16.0. The van der Waals surface area contributed by atoms with Crippen LogP contribution in [0.1, 0.15) is 56.6 Å². The smallest absolute Gasteiger partial charge is 0.168 e. The van der Waals surface area contributed by atoms with Gasteiger partial charge in [0.05, 0.1) is 0 Å². The molecule has 2 saturated carbocycles. The SMILES string of the molecule is C#C[C@]1(O)CC[C@H]2[C@@H]3[C@H](C)Cc4c(ccc(O)c4F)[C@H]3CC[C@@]21C. The molecule has 0 radical (unpaired) electrons. The molecule has 0 amide bonds. The predicted octanol–water partition coefficient (Wildman–Crippen LogP) is 4.00. The second-order valence-electron chi connectivity index (χ2n) is 8.44. The second kappa shape index (κ2) is 4.99. The van der Waals surface area contributed by atoms with Crippen molar-refractivity contribution in [3.05, 3.63) is 29.1 Å². The van der Waals surface area contributed by atoms with Crippen molar-refractivity contribution in [1.82, 2.24) is 0 Å². The lowest BCUT2D eigenvalue weighted by atomic mass is 9.51. The van der Waals surface area contributed by atoms with Gasteiger partial charge in [0.15, 0.2) is 11.6 Å². The van der Waals surface area contributed by atoms with E-state index in [9.17, 15) is 14.6 Å². The van der Waals surface area contributed by atoms with Crippen LogP contribution in [0.15, 0.2) is 12.1 Å². The molecule has 0 bridgehead atoms. The summed E-state index contributed by atoms with van der Waals surface area (Å²) in [7, 11) is 0. The van der Waals surface area contributed by atoms with Crippen molar-refractivity contribution in [1.29, 1.82) is 0 Å². The molecule has 0 heterocycles. The highest BCUT2D eigenvalue weighted by atomic mass is 19.1. The Kier molecular flexibility index (Phi) is 3.32. The minimum Gasteiger partial charge on any atom is -0.505 e. The normalized spacial score (nSPS) is 43.5.